The van der Waals surface area contributed by atoms with Crippen molar-refractivity contribution < 1.29 is 0 Å². The van der Waals surface area contributed by atoms with Gasteiger partial charge >= 0.3 is 0 Å². The van der Waals surface area contributed by atoms with Crippen LogP contribution in [0.4, 0.5) is 0 Å². The quantitative estimate of drug-likeness (QED) is 0.505. The van der Waals surface area contributed by atoms with Crippen molar-refractivity contribution in [1.29, 1.82) is 0 Å². The first-order chi connectivity index (χ1) is 4.83. The number of aromatic nitrogens is 1. The summed E-state index contributed by atoms with van der Waals surface area (Å²) in [6, 6.07) is 5.58. The Labute approximate surface area is 78.5 Å². The summed E-state index contributed by atoms with van der Waals surface area (Å²) in [5.41, 5.74) is 0.960. The molecule has 0 spiro atoms. The second kappa shape index (κ2) is 4.10. The number of nitrogens with one attached hydrogen (secondary N) is 1. The first-order valence-electron chi connectivity index (χ1n) is 2.78. The van der Waals surface area contributed by atoms with Crippen LogP contribution in [0.2, 0.25) is 5.15 Å². The van der Waals surface area contributed by atoms with Crippen LogP contribution in [-0.4, -0.2) is 4.98 Å². The highest BCUT2D eigenvalue weighted by Crippen LogP contribution is 2.04. The smallest absolute Gasteiger partial charge is 0.129 e. The van der Waals surface area contributed by atoms with Gasteiger partial charge in [0.15, 0.2) is 0 Å². The zero-order valence-corrected chi connectivity index (χ0v) is 8.06. The van der Waals surface area contributed by atoms with E-state index in [2.05, 4.69) is 31.4 Å². The molecule has 0 amide bonds. The summed E-state index contributed by atoms with van der Waals surface area (Å²) >= 11 is 7.71. The summed E-state index contributed by atoms with van der Waals surface area (Å²) in [5.74, 6) is 0. The van der Waals surface area contributed by atoms with Crippen molar-refractivity contribution in [3.05, 3.63) is 29.0 Å². The van der Waals surface area contributed by atoms with Crippen LogP contribution in [0.3, 0.4) is 0 Å². The van der Waals surface area contributed by atoms with E-state index in [1.54, 1.807) is 6.07 Å². The van der Waals surface area contributed by atoms with E-state index in [0.717, 1.165) is 12.2 Å². The van der Waals surface area contributed by atoms with Crippen LogP contribution in [0.15, 0.2) is 18.2 Å². The highest BCUT2D eigenvalue weighted by Gasteiger charge is 1.91. The van der Waals surface area contributed by atoms with Crippen LogP contribution in [0, 0.1) is 0 Å². The van der Waals surface area contributed by atoms with Gasteiger partial charge in [-0.2, -0.15) is 0 Å². The zero-order chi connectivity index (χ0) is 7.40. The van der Waals surface area contributed by atoms with Gasteiger partial charge in [-0.15, -0.1) is 0 Å². The van der Waals surface area contributed by atoms with E-state index in [0.29, 0.717) is 5.15 Å². The molecule has 0 fully saturated rings. The number of rotatable bonds is 2. The molecule has 0 radical (unpaired) electrons. The van der Waals surface area contributed by atoms with Crippen LogP contribution in [-0.2, 0) is 6.54 Å². The molecular formula is C6H6ClIN2. The topological polar surface area (TPSA) is 24.9 Å². The van der Waals surface area contributed by atoms with E-state index in [9.17, 15) is 0 Å². The molecule has 1 aromatic rings. The van der Waals surface area contributed by atoms with Crippen molar-refractivity contribution in [3.8, 4) is 0 Å². The third-order valence-corrected chi connectivity index (χ3v) is 1.61. The second-order valence-electron chi connectivity index (χ2n) is 1.76. The van der Waals surface area contributed by atoms with E-state index >= 15 is 0 Å². The Kier molecular flexibility index (Phi) is 3.37. The van der Waals surface area contributed by atoms with E-state index in [1.165, 1.54) is 0 Å². The number of hydrogen-bond donors (Lipinski definition) is 1. The van der Waals surface area contributed by atoms with Crippen LogP contribution in [0.5, 0.6) is 0 Å². The van der Waals surface area contributed by atoms with Crippen LogP contribution in [0.25, 0.3) is 0 Å². The molecule has 0 bridgehead atoms. The van der Waals surface area contributed by atoms with E-state index in [1.807, 2.05) is 12.1 Å². The molecule has 0 unspecified atom stereocenters. The summed E-state index contributed by atoms with van der Waals surface area (Å²) in [4.78, 5) is 4.06. The molecule has 0 aliphatic heterocycles. The Hall–Kier alpha value is 0.130. The number of halogens is 2. The van der Waals surface area contributed by atoms with Crippen molar-refractivity contribution in [2.45, 2.75) is 6.54 Å². The van der Waals surface area contributed by atoms with Gasteiger partial charge in [-0.1, -0.05) is 17.7 Å². The molecule has 1 aromatic heterocycles. The van der Waals surface area contributed by atoms with E-state index in [4.69, 9.17) is 11.6 Å². The fourth-order valence-corrected chi connectivity index (χ4v) is 1.19. The average Bonchev–Trinajstić information content (AvgIpc) is 1.88. The van der Waals surface area contributed by atoms with Gasteiger partial charge in [0.25, 0.3) is 0 Å². The molecule has 0 aliphatic rings. The van der Waals surface area contributed by atoms with Crippen LogP contribution >= 0.6 is 34.5 Å². The van der Waals surface area contributed by atoms with Crippen molar-refractivity contribution in [1.82, 2.24) is 8.51 Å². The minimum absolute atomic E-state index is 0.546. The third-order valence-electron chi connectivity index (χ3n) is 1.02. The first-order valence-corrected chi connectivity index (χ1v) is 4.23. The van der Waals surface area contributed by atoms with Crippen LogP contribution in [0.1, 0.15) is 5.69 Å². The van der Waals surface area contributed by atoms with Gasteiger partial charge < -0.3 is 0 Å². The van der Waals surface area contributed by atoms with Gasteiger partial charge in [-0.3, -0.25) is 3.53 Å². The molecule has 0 aliphatic carbocycles. The number of nitrogens with zero attached hydrogens (tertiary/aromatic N) is 1. The highest BCUT2D eigenvalue weighted by molar-refractivity contribution is 14.1. The fraction of sp³-hybridized carbons (Fsp3) is 0.167. The standard InChI is InChI=1S/C6H6ClIN2/c7-6-3-1-2-5(10-6)4-9-8/h1-3,9H,4H2. The maximum absolute atomic E-state index is 5.64. The van der Waals surface area contributed by atoms with E-state index in [-0.39, 0.29) is 0 Å². The third kappa shape index (κ3) is 2.40. The van der Waals surface area contributed by atoms with Crippen molar-refractivity contribution in [3.63, 3.8) is 0 Å². The Balaban J connectivity index is 2.75. The minimum Gasteiger partial charge on any atom is -0.255 e. The largest absolute Gasteiger partial charge is 0.255 e. The second-order valence-corrected chi connectivity index (χ2v) is 2.91. The highest BCUT2D eigenvalue weighted by atomic mass is 127. The van der Waals surface area contributed by atoms with Gasteiger partial charge in [0.05, 0.1) is 5.69 Å². The normalized spacial score (nSPS) is 9.80. The summed E-state index contributed by atoms with van der Waals surface area (Å²) < 4.78 is 2.96. The molecule has 1 heterocycles. The molecular weight excluding hydrogens is 262 g/mol. The average molecular weight is 268 g/mol. The van der Waals surface area contributed by atoms with Crippen molar-refractivity contribution >= 4 is 34.5 Å². The summed E-state index contributed by atoms with van der Waals surface area (Å²) in [5, 5.41) is 0.546. The van der Waals surface area contributed by atoms with Crippen LogP contribution < -0.4 is 3.53 Å². The summed E-state index contributed by atoms with van der Waals surface area (Å²) in [6.45, 7) is 0.751. The summed E-state index contributed by atoms with van der Waals surface area (Å²) in [7, 11) is 0. The molecule has 1 N–H and O–H groups in total. The van der Waals surface area contributed by atoms with Gasteiger partial charge in [0.1, 0.15) is 5.15 Å². The number of hydrogen-bond acceptors (Lipinski definition) is 2. The molecule has 0 aromatic carbocycles. The van der Waals surface area contributed by atoms with Gasteiger partial charge in [-0.05, 0) is 12.1 Å². The first kappa shape index (κ1) is 8.23. The van der Waals surface area contributed by atoms with Gasteiger partial charge in [0, 0.05) is 29.4 Å². The molecule has 0 saturated carbocycles. The molecule has 0 saturated heterocycles. The van der Waals surface area contributed by atoms with Crippen molar-refractivity contribution in [2.75, 3.05) is 0 Å². The predicted octanol–water partition coefficient (Wildman–Crippen LogP) is 2.17. The van der Waals surface area contributed by atoms with Crippen molar-refractivity contribution in [2.24, 2.45) is 0 Å². The monoisotopic (exact) mass is 268 g/mol. The lowest BCUT2D eigenvalue weighted by molar-refractivity contribution is 0.950. The summed E-state index contributed by atoms with van der Waals surface area (Å²) in [6.07, 6.45) is 0. The SMILES string of the molecule is Clc1cccc(CNI)n1. The Morgan fingerprint density at radius 3 is 3.00 bits per heavy atom. The van der Waals surface area contributed by atoms with Gasteiger partial charge in [-0.25, -0.2) is 4.98 Å². The molecule has 0 atom stereocenters. The fourth-order valence-electron chi connectivity index (χ4n) is 0.617. The lowest BCUT2D eigenvalue weighted by Gasteiger charge is -1.96. The molecule has 10 heavy (non-hydrogen) atoms. The van der Waals surface area contributed by atoms with Gasteiger partial charge in [0.2, 0.25) is 0 Å². The Morgan fingerprint density at radius 1 is 1.60 bits per heavy atom. The van der Waals surface area contributed by atoms with E-state index < -0.39 is 0 Å². The lowest BCUT2D eigenvalue weighted by Crippen LogP contribution is -1.99. The molecule has 54 valence electrons. The number of pyridine rings is 1. The lowest BCUT2D eigenvalue weighted by atomic mass is 10.4. The Bertz CT molecular complexity index is 217. The molecule has 2 nitrogen and oxygen atoms in total. The minimum atomic E-state index is 0.546. The Morgan fingerprint density at radius 2 is 2.40 bits per heavy atom. The maximum atomic E-state index is 5.64. The maximum Gasteiger partial charge on any atom is 0.129 e. The molecule has 1 rings (SSSR count). The molecule has 4 heteroatoms. The predicted molar refractivity (Wildman–Crippen MR) is 50.1 cm³/mol. The zero-order valence-electron chi connectivity index (χ0n) is 5.14.